The van der Waals surface area contributed by atoms with Crippen LogP contribution in [0.5, 0.6) is 11.5 Å². The van der Waals surface area contributed by atoms with Crippen molar-refractivity contribution in [3.8, 4) is 11.5 Å². The molecule has 5 aromatic rings. The van der Waals surface area contributed by atoms with Crippen molar-refractivity contribution in [3.63, 3.8) is 0 Å². The van der Waals surface area contributed by atoms with Gasteiger partial charge in [0.25, 0.3) is 23.6 Å². The number of carbonyl (C=O) groups is 4. The first-order chi connectivity index (χ1) is 32.8. The molecule has 6 atom stereocenters. The SMILES string of the molecule is COc1ccc(C2SC3(Cc4ccc(C[C@@]56SC(c7ccc(OC)cc7)S[C@@](COCc7ccccc7)(C(=O)N5C)N(C)C6=O)cc4)C(=O)N(C)[C@@](COCc4ccccc4)(S2)C(=O)N3C)cc1. The lowest BCUT2D eigenvalue weighted by molar-refractivity contribution is -0.166. The highest BCUT2D eigenvalue weighted by Crippen LogP contribution is 2.63. The summed E-state index contributed by atoms with van der Waals surface area (Å²) in [6, 6.07) is 43.0. The first kappa shape index (κ1) is 47.9. The third-order valence-electron chi connectivity index (χ3n) is 13.4. The van der Waals surface area contributed by atoms with Gasteiger partial charge in [-0.25, -0.2) is 0 Å². The molecule has 0 N–H and O–H groups in total. The van der Waals surface area contributed by atoms with E-state index in [-0.39, 0.29) is 72.1 Å². The number of fused-ring (bicyclic) bond motifs is 8. The molecule has 5 aromatic carbocycles. The molecule has 11 rings (SSSR count). The Morgan fingerprint density at radius 2 is 0.721 bits per heavy atom. The second kappa shape index (κ2) is 19.4. The lowest BCUT2D eigenvalue weighted by Gasteiger charge is -2.51. The second-order valence-electron chi connectivity index (χ2n) is 17.4. The van der Waals surface area contributed by atoms with Crippen molar-refractivity contribution in [2.75, 3.05) is 55.6 Å². The Hall–Kier alpha value is -5.10. The molecule has 6 heterocycles. The van der Waals surface area contributed by atoms with Crippen LogP contribution in [0.2, 0.25) is 0 Å². The molecule has 3 unspecified atom stereocenters. The fraction of sp³-hybridized carbons (Fsp3) is 0.346. The minimum Gasteiger partial charge on any atom is -0.497 e. The number of piperazine rings is 2. The molecule has 4 amide bonds. The molecule has 6 fully saturated rings. The minimum absolute atomic E-state index is 0.000244. The van der Waals surface area contributed by atoms with Crippen LogP contribution in [-0.2, 0) is 54.7 Å². The molecule has 0 aromatic heterocycles. The Balaban J connectivity index is 1.01. The van der Waals surface area contributed by atoms with Gasteiger partial charge in [0.1, 0.15) is 11.5 Å². The smallest absolute Gasteiger partial charge is 0.262 e. The van der Waals surface area contributed by atoms with E-state index in [0.29, 0.717) is 11.5 Å². The van der Waals surface area contributed by atoms with Gasteiger partial charge in [-0.15, -0.1) is 47.0 Å². The van der Waals surface area contributed by atoms with Crippen LogP contribution in [0.3, 0.4) is 0 Å². The monoisotopic (exact) mass is 990 g/mol. The standard InChI is InChI=1S/C52H54N4O8S4/c1-53-47(59)51(33-63-31-37-13-9-7-10-14-37)55(3)45(57)49(53,65-43(67-51)39-21-25-41(61-5)26-22-39)29-35-17-19-36(20-18-35)30-50-46(58)56(4)52(48(60)54(50)2,34-64-32-38-15-11-8-12-16-38)68-44(66-50)40-23-27-42(62-6)28-24-40/h7-28,43-44H,29-34H2,1-6H3/t43?,44?,49-,50?,51-,52-/m0/s1. The third-order valence-corrected chi connectivity index (χ3v) is 20.4. The maximum absolute atomic E-state index is 15.1. The average molecular weight is 991 g/mol. The van der Waals surface area contributed by atoms with Crippen LogP contribution in [-0.4, -0.2) is 118 Å². The Labute approximate surface area is 414 Å². The molecule has 6 saturated heterocycles. The van der Waals surface area contributed by atoms with Gasteiger partial charge in [-0.3, -0.25) is 19.2 Å². The van der Waals surface area contributed by atoms with E-state index in [1.165, 1.54) is 47.0 Å². The normalized spacial score (nSPS) is 26.9. The van der Waals surface area contributed by atoms with E-state index in [4.69, 9.17) is 18.9 Å². The van der Waals surface area contributed by atoms with Gasteiger partial charge in [-0.1, -0.05) is 109 Å². The van der Waals surface area contributed by atoms with E-state index in [0.717, 1.165) is 33.4 Å². The van der Waals surface area contributed by atoms with Crippen molar-refractivity contribution in [1.82, 2.24) is 19.6 Å². The molecular weight excluding hydrogens is 937 g/mol. The van der Waals surface area contributed by atoms with E-state index in [1.54, 1.807) is 62.0 Å². The van der Waals surface area contributed by atoms with Gasteiger partial charge in [0.2, 0.25) is 0 Å². The highest BCUT2D eigenvalue weighted by atomic mass is 32.2. The summed E-state index contributed by atoms with van der Waals surface area (Å²) in [6.07, 6.45) is 0.443. The largest absolute Gasteiger partial charge is 0.497 e. The predicted molar refractivity (Wildman–Crippen MR) is 270 cm³/mol. The highest BCUT2D eigenvalue weighted by molar-refractivity contribution is 8.19. The third kappa shape index (κ3) is 8.44. The molecule has 0 saturated carbocycles. The maximum Gasteiger partial charge on any atom is 0.262 e. The van der Waals surface area contributed by atoms with Crippen LogP contribution in [0.4, 0.5) is 0 Å². The molecule has 6 aliphatic heterocycles. The lowest BCUT2D eigenvalue weighted by atomic mass is 9.94. The van der Waals surface area contributed by atoms with Crippen molar-refractivity contribution in [3.05, 3.63) is 167 Å². The van der Waals surface area contributed by atoms with Crippen molar-refractivity contribution < 1.29 is 38.1 Å². The minimum atomic E-state index is -1.32. The van der Waals surface area contributed by atoms with E-state index < -0.39 is 19.5 Å². The summed E-state index contributed by atoms with van der Waals surface area (Å²) < 4.78 is 22.9. The summed E-state index contributed by atoms with van der Waals surface area (Å²) in [5.41, 5.74) is 5.49. The van der Waals surface area contributed by atoms with Gasteiger partial charge in [-0.2, -0.15) is 0 Å². The predicted octanol–water partition coefficient (Wildman–Crippen LogP) is 8.23. The number of hydrogen-bond donors (Lipinski definition) is 0. The average Bonchev–Trinajstić information content (AvgIpc) is 3.63. The lowest BCUT2D eigenvalue weighted by Crippen LogP contribution is -2.73. The van der Waals surface area contributed by atoms with Crippen molar-refractivity contribution in [1.29, 1.82) is 0 Å². The fourth-order valence-electron chi connectivity index (χ4n) is 9.29. The number of thioether (sulfide) groups is 4. The Kier molecular flexibility index (Phi) is 13.6. The highest BCUT2D eigenvalue weighted by Gasteiger charge is 2.68. The summed E-state index contributed by atoms with van der Waals surface area (Å²) in [5, 5.41) is 0. The molecular formula is C52H54N4O8S4. The number of ether oxygens (including phenoxy) is 4. The molecule has 4 bridgehead atoms. The van der Waals surface area contributed by atoms with Crippen LogP contribution >= 0.6 is 47.0 Å². The quantitative estimate of drug-likeness (QED) is 0.0949. The number of nitrogens with zero attached hydrogens (tertiary/aromatic N) is 4. The van der Waals surface area contributed by atoms with Crippen molar-refractivity contribution in [2.45, 2.75) is 54.7 Å². The van der Waals surface area contributed by atoms with Crippen LogP contribution < -0.4 is 9.47 Å². The van der Waals surface area contributed by atoms with E-state index in [1.807, 2.05) is 133 Å². The zero-order chi connectivity index (χ0) is 47.8. The van der Waals surface area contributed by atoms with Gasteiger partial charge in [0.05, 0.1) is 49.8 Å². The number of carbonyl (C=O) groups excluding carboxylic acids is 4. The Morgan fingerprint density at radius 3 is 1.06 bits per heavy atom. The zero-order valence-corrected chi connectivity index (χ0v) is 42.1. The number of hydrogen-bond acceptors (Lipinski definition) is 12. The van der Waals surface area contributed by atoms with Crippen LogP contribution in [0.15, 0.2) is 133 Å². The van der Waals surface area contributed by atoms with E-state index >= 15 is 9.59 Å². The first-order valence-electron chi connectivity index (χ1n) is 22.2. The van der Waals surface area contributed by atoms with Gasteiger partial charge >= 0.3 is 0 Å². The number of likely N-dealkylation sites (N-methyl/N-ethyl adjacent to an activating group) is 4. The van der Waals surface area contributed by atoms with E-state index in [2.05, 4.69) is 0 Å². The van der Waals surface area contributed by atoms with Gasteiger partial charge < -0.3 is 38.5 Å². The molecule has 0 spiro atoms. The number of amides is 4. The summed E-state index contributed by atoms with van der Waals surface area (Å²) >= 11 is 5.80. The summed E-state index contributed by atoms with van der Waals surface area (Å²) in [6.45, 7) is 0.577. The fourth-order valence-corrected chi connectivity index (χ4v) is 16.9. The topological polar surface area (TPSA) is 118 Å². The molecule has 68 heavy (non-hydrogen) atoms. The number of methoxy groups -OCH3 is 2. The number of benzene rings is 5. The van der Waals surface area contributed by atoms with Crippen LogP contribution in [0, 0.1) is 0 Å². The summed E-state index contributed by atoms with van der Waals surface area (Å²) in [4.78, 5) is 61.1. The second-order valence-corrected chi connectivity index (χ2v) is 23.5. The Morgan fingerprint density at radius 1 is 0.412 bits per heavy atom. The zero-order valence-electron chi connectivity index (χ0n) is 38.8. The maximum atomic E-state index is 15.1. The van der Waals surface area contributed by atoms with Crippen LogP contribution in [0.1, 0.15) is 42.5 Å². The molecule has 16 heteroatoms. The van der Waals surface area contributed by atoms with Gasteiger partial charge in [0.15, 0.2) is 19.5 Å². The number of rotatable bonds is 16. The first-order valence-corrected chi connectivity index (χ1v) is 25.7. The van der Waals surface area contributed by atoms with Gasteiger partial charge in [0, 0.05) is 41.0 Å². The summed E-state index contributed by atoms with van der Waals surface area (Å²) in [7, 11) is 10.1. The molecule has 354 valence electrons. The molecule has 0 aliphatic carbocycles. The molecule has 0 radical (unpaired) electrons. The molecule has 6 aliphatic rings. The van der Waals surface area contributed by atoms with Gasteiger partial charge in [-0.05, 0) is 57.6 Å². The molecule has 12 nitrogen and oxygen atoms in total. The van der Waals surface area contributed by atoms with Crippen molar-refractivity contribution >= 4 is 70.7 Å². The Bertz CT molecular complexity index is 2470. The van der Waals surface area contributed by atoms with Crippen molar-refractivity contribution in [2.24, 2.45) is 0 Å². The van der Waals surface area contributed by atoms with Crippen LogP contribution in [0.25, 0.3) is 0 Å². The summed E-state index contributed by atoms with van der Waals surface area (Å²) in [5.74, 6) is 0.616. The van der Waals surface area contributed by atoms with E-state index in [9.17, 15) is 9.59 Å².